The fourth-order valence-corrected chi connectivity index (χ4v) is 1.61. The third-order valence-electron chi connectivity index (χ3n) is 2.46. The average Bonchev–Trinajstić information content (AvgIpc) is 2.32. The first-order chi connectivity index (χ1) is 8.25. The summed E-state index contributed by atoms with van der Waals surface area (Å²) in [6.07, 6.45) is 0.763. The Morgan fingerprint density at radius 2 is 1.88 bits per heavy atom. The Morgan fingerprint density at radius 1 is 1.06 bits per heavy atom. The van der Waals surface area contributed by atoms with Gasteiger partial charge < -0.3 is 15.6 Å². The zero-order valence-corrected chi connectivity index (χ0v) is 9.47. The first-order valence-corrected chi connectivity index (χ1v) is 5.51. The van der Waals surface area contributed by atoms with Gasteiger partial charge in [0.25, 0.3) is 0 Å². The van der Waals surface area contributed by atoms with Gasteiger partial charge in [-0.05, 0) is 29.8 Å². The fraction of sp³-hybridized carbons (Fsp3) is 0.143. The van der Waals surface area contributed by atoms with Crippen LogP contribution in [0.5, 0.6) is 11.5 Å². The Kier molecular flexibility index (Phi) is 3.50. The largest absolute Gasteiger partial charge is 0.504 e. The molecular formula is C14H15NO2. The topological polar surface area (TPSA) is 55.5 Å². The van der Waals surface area contributed by atoms with Gasteiger partial charge in [0.1, 0.15) is 0 Å². The lowest BCUT2D eigenvalue weighted by molar-refractivity contribution is 0.303. The van der Waals surface area contributed by atoms with Crippen LogP contribution in [0, 0.1) is 0 Å². The number of rotatable bonds is 4. The first-order valence-electron chi connectivity index (χ1n) is 5.51. The van der Waals surface area contributed by atoms with Crippen LogP contribution in [0.25, 0.3) is 0 Å². The van der Waals surface area contributed by atoms with Crippen molar-refractivity contribution in [2.75, 3.05) is 12.3 Å². The molecular weight excluding hydrogens is 214 g/mol. The predicted octanol–water partition coefficient (Wildman–Crippen LogP) is 2.60. The zero-order valence-electron chi connectivity index (χ0n) is 9.47. The van der Waals surface area contributed by atoms with E-state index < -0.39 is 0 Å². The van der Waals surface area contributed by atoms with Crippen LogP contribution in [-0.2, 0) is 6.42 Å². The van der Waals surface area contributed by atoms with Crippen molar-refractivity contribution >= 4 is 5.69 Å². The highest BCUT2D eigenvalue weighted by molar-refractivity contribution is 5.41. The minimum Gasteiger partial charge on any atom is -0.504 e. The monoisotopic (exact) mass is 229 g/mol. The number of nitrogen functional groups attached to an aromatic ring is 1. The SMILES string of the molecule is Nc1cccc(CCOc2ccccc2O)c1. The first kappa shape index (κ1) is 11.3. The smallest absolute Gasteiger partial charge is 0.160 e. The molecule has 0 spiro atoms. The van der Waals surface area contributed by atoms with Crippen LogP contribution in [0.1, 0.15) is 5.56 Å². The van der Waals surface area contributed by atoms with Gasteiger partial charge in [-0.25, -0.2) is 0 Å². The number of para-hydroxylation sites is 2. The van der Waals surface area contributed by atoms with Crippen molar-refractivity contribution in [2.45, 2.75) is 6.42 Å². The molecule has 0 amide bonds. The van der Waals surface area contributed by atoms with Crippen LogP contribution >= 0.6 is 0 Å². The third-order valence-corrected chi connectivity index (χ3v) is 2.46. The van der Waals surface area contributed by atoms with Crippen molar-refractivity contribution in [2.24, 2.45) is 0 Å². The molecule has 0 atom stereocenters. The molecule has 0 unspecified atom stereocenters. The molecule has 0 saturated carbocycles. The quantitative estimate of drug-likeness (QED) is 0.792. The minimum absolute atomic E-state index is 0.167. The molecule has 0 heterocycles. The van der Waals surface area contributed by atoms with Crippen LogP contribution in [0.3, 0.4) is 0 Å². The number of phenols is 1. The van der Waals surface area contributed by atoms with Crippen LogP contribution < -0.4 is 10.5 Å². The van der Waals surface area contributed by atoms with Crippen LogP contribution in [0.15, 0.2) is 48.5 Å². The van der Waals surface area contributed by atoms with E-state index in [1.165, 1.54) is 0 Å². The maximum atomic E-state index is 9.51. The van der Waals surface area contributed by atoms with Gasteiger partial charge in [0, 0.05) is 12.1 Å². The molecule has 17 heavy (non-hydrogen) atoms. The lowest BCUT2D eigenvalue weighted by atomic mass is 10.1. The Morgan fingerprint density at radius 3 is 2.65 bits per heavy atom. The number of benzene rings is 2. The Balaban J connectivity index is 1.90. The molecule has 0 aliphatic heterocycles. The van der Waals surface area contributed by atoms with Gasteiger partial charge in [-0.2, -0.15) is 0 Å². The normalized spacial score (nSPS) is 10.1. The second kappa shape index (κ2) is 5.25. The van der Waals surface area contributed by atoms with Crippen molar-refractivity contribution in [3.8, 4) is 11.5 Å². The Bertz CT molecular complexity index is 497. The number of nitrogens with two attached hydrogens (primary N) is 1. The standard InChI is InChI=1S/C14H15NO2/c15-12-5-3-4-11(10-12)8-9-17-14-7-2-1-6-13(14)16/h1-7,10,16H,8-9,15H2. The van der Waals surface area contributed by atoms with E-state index in [0.29, 0.717) is 12.4 Å². The fourth-order valence-electron chi connectivity index (χ4n) is 1.61. The van der Waals surface area contributed by atoms with E-state index in [4.69, 9.17) is 10.5 Å². The molecule has 2 aromatic rings. The number of aromatic hydroxyl groups is 1. The molecule has 0 aliphatic rings. The molecule has 88 valence electrons. The number of ether oxygens (including phenoxy) is 1. The van der Waals surface area contributed by atoms with Crippen molar-refractivity contribution in [1.82, 2.24) is 0 Å². The maximum Gasteiger partial charge on any atom is 0.160 e. The average molecular weight is 229 g/mol. The lowest BCUT2D eigenvalue weighted by Gasteiger charge is -2.07. The zero-order chi connectivity index (χ0) is 12.1. The van der Waals surface area contributed by atoms with Gasteiger partial charge in [0.05, 0.1) is 6.61 Å². The van der Waals surface area contributed by atoms with Crippen molar-refractivity contribution in [3.05, 3.63) is 54.1 Å². The molecule has 0 saturated heterocycles. The molecule has 2 rings (SSSR count). The molecule has 0 fully saturated rings. The summed E-state index contributed by atoms with van der Waals surface area (Å²) in [5.74, 6) is 0.677. The predicted molar refractivity (Wildman–Crippen MR) is 68.2 cm³/mol. The molecule has 2 aromatic carbocycles. The molecule has 0 bridgehead atoms. The summed E-state index contributed by atoms with van der Waals surface area (Å²) in [6, 6.07) is 14.6. The Labute approximate surface area is 100 Å². The summed E-state index contributed by atoms with van der Waals surface area (Å²) < 4.78 is 5.49. The van der Waals surface area contributed by atoms with E-state index in [1.807, 2.05) is 30.3 Å². The second-order valence-electron chi connectivity index (χ2n) is 3.81. The van der Waals surface area contributed by atoms with Crippen LogP contribution in [-0.4, -0.2) is 11.7 Å². The van der Waals surface area contributed by atoms with Crippen molar-refractivity contribution < 1.29 is 9.84 Å². The van der Waals surface area contributed by atoms with Gasteiger partial charge in [-0.1, -0.05) is 24.3 Å². The van der Waals surface area contributed by atoms with E-state index >= 15 is 0 Å². The van der Waals surface area contributed by atoms with E-state index in [-0.39, 0.29) is 5.75 Å². The summed E-state index contributed by atoms with van der Waals surface area (Å²) >= 11 is 0. The van der Waals surface area contributed by atoms with E-state index in [2.05, 4.69) is 0 Å². The van der Waals surface area contributed by atoms with E-state index in [9.17, 15) is 5.11 Å². The lowest BCUT2D eigenvalue weighted by Crippen LogP contribution is -2.01. The molecule has 0 aliphatic carbocycles. The van der Waals surface area contributed by atoms with Gasteiger partial charge in [0.15, 0.2) is 11.5 Å². The molecule has 3 heteroatoms. The highest BCUT2D eigenvalue weighted by Crippen LogP contribution is 2.24. The van der Waals surface area contributed by atoms with Gasteiger partial charge in [-0.3, -0.25) is 0 Å². The highest BCUT2D eigenvalue weighted by atomic mass is 16.5. The van der Waals surface area contributed by atoms with Gasteiger partial charge in [0.2, 0.25) is 0 Å². The van der Waals surface area contributed by atoms with E-state index in [0.717, 1.165) is 17.7 Å². The van der Waals surface area contributed by atoms with Crippen molar-refractivity contribution in [1.29, 1.82) is 0 Å². The summed E-state index contributed by atoms with van der Waals surface area (Å²) in [5, 5.41) is 9.51. The van der Waals surface area contributed by atoms with Gasteiger partial charge in [-0.15, -0.1) is 0 Å². The molecule has 3 nitrogen and oxygen atoms in total. The molecule has 0 radical (unpaired) electrons. The molecule has 0 aromatic heterocycles. The van der Waals surface area contributed by atoms with Crippen molar-refractivity contribution in [3.63, 3.8) is 0 Å². The highest BCUT2D eigenvalue weighted by Gasteiger charge is 2.00. The minimum atomic E-state index is 0.167. The van der Waals surface area contributed by atoms with Crippen LogP contribution in [0.4, 0.5) is 5.69 Å². The molecule has 3 N–H and O–H groups in total. The van der Waals surface area contributed by atoms with Crippen LogP contribution in [0.2, 0.25) is 0 Å². The van der Waals surface area contributed by atoms with Gasteiger partial charge >= 0.3 is 0 Å². The number of anilines is 1. The van der Waals surface area contributed by atoms with E-state index in [1.54, 1.807) is 18.2 Å². The maximum absolute atomic E-state index is 9.51. The Hall–Kier alpha value is -2.16. The summed E-state index contributed by atoms with van der Waals surface area (Å²) in [7, 11) is 0. The second-order valence-corrected chi connectivity index (χ2v) is 3.81. The number of phenolic OH excluding ortho intramolecular Hbond substituents is 1. The number of hydrogen-bond acceptors (Lipinski definition) is 3. The summed E-state index contributed by atoms with van der Waals surface area (Å²) in [4.78, 5) is 0. The summed E-state index contributed by atoms with van der Waals surface area (Å²) in [6.45, 7) is 0.515. The third kappa shape index (κ3) is 3.14. The number of hydrogen-bond donors (Lipinski definition) is 2. The summed E-state index contributed by atoms with van der Waals surface area (Å²) in [5.41, 5.74) is 7.56.